The molecule has 0 N–H and O–H groups in total. The number of ketones is 1. The standard InChI is InChI=1S/C25H18Cl2FNO3/c1-14-8-21-19(12-29(13-31-21)11-16-4-5-17(26)10-20(16)27)25-23(14)24(30)22(32-25)9-15-2-6-18(28)7-3-15/h2-10H,11-13H2,1H3/b22-9-. The maximum Gasteiger partial charge on any atom is 0.232 e. The molecule has 3 aromatic carbocycles. The van der Waals surface area contributed by atoms with Crippen molar-refractivity contribution in [1.82, 2.24) is 4.90 Å². The number of carbonyl (C=O) groups is 1. The molecule has 2 aliphatic rings. The van der Waals surface area contributed by atoms with Gasteiger partial charge in [0.05, 0.1) is 11.1 Å². The minimum absolute atomic E-state index is 0.192. The third-order valence-electron chi connectivity index (χ3n) is 5.56. The average Bonchev–Trinajstić information content (AvgIpc) is 3.09. The molecular weight excluding hydrogens is 452 g/mol. The number of hydrogen-bond donors (Lipinski definition) is 0. The van der Waals surface area contributed by atoms with Crippen LogP contribution in [0.15, 0.2) is 54.3 Å². The van der Waals surface area contributed by atoms with E-state index in [1.165, 1.54) is 12.1 Å². The van der Waals surface area contributed by atoms with Gasteiger partial charge in [-0.15, -0.1) is 0 Å². The van der Waals surface area contributed by atoms with Crippen molar-refractivity contribution >= 4 is 35.1 Å². The van der Waals surface area contributed by atoms with E-state index < -0.39 is 0 Å². The minimum Gasteiger partial charge on any atom is -0.478 e. The second-order valence-corrected chi connectivity index (χ2v) is 8.71. The Morgan fingerprint density at radius 1 is 1.12 bits per heavy atom. The number of carbonyl (C=O) groups excluding carboxylic acids is 1. The number of Topliss-reactive ketones (excluding diaryl/α,β-unsaturated/α-hetero) is 1. The SMILES string of the molecule is Cc1cc2c(c3c1C(=O)/C(=C/c1ccc(F)cc1)O3)CN(Cc1ccc(Cl)cc1Cl)CO2. The number of benzene rings is 3. The fraction of sp³-hybridized carbons (Fsp3) is 0.160. The molecule has 0 amide bonds. The quantitative estimate of drug-likeness (QED) is 0.415. The predicted octanol–water partition coefficient (Wildman–Crippen LogP) is 6.41. The van der Waals surface area contributed by atoms with Crippen molar-refractivity contribution in [1.29, 1.82) is 0 Å². The first-order chi connectivity index (χ1) is 15.4. The van der Waals surface area contributed by atoms with Crippen LogP contribution in [0.2, 0.25) is 10.0 Å². The Balaban J connectivity index is 1.45. The summed E-state index contributed by atoms with van der Waals surface area (Å²) in [5.41, 5.74) is 3.76. The second kappa shape index (κ2) is 8.24. The van der Waals surface area contributed by atoms with E-state index in [1.807, 2.05) is 19.1 Å². The molecule has 0 bridgehead atoms. The zero-order valence-corrected chi connectivity index (χ0v) is 18.6. The van der Waals surface area contributed by atoms with Gasteiger partial charge in [0.25, 0.3) is 0 Å². The third kappa shape index (κ3) is 3.88. The second-order valence-electron chi connectivity index (χ2n) is 7.86. The summed E-state index contributed by atoms with van der Waals surface area (Å²) in [6.07, 6.45) is 1.63. The molecule has 0 unspecified atom stereocenters. The van der Waals surface area contributed by atoms with E-state index in [-0.39, 0.29) is 17.4 Å². The van der Waals surface area contributed by atoms with Crippen LogP contribution < -0.4 is 9.47 Å². The molecule has 32 heavy (non-hydrogen) atoms. The van der Waals surface area contributed by atoms with Gasteiger partial charge in [0.1, 0.15) is 24.0 Å². The summed E-state index contributed by atoms with van der Waals surface area (Å²) in [5.74, 6) is 0.904. The first-order valence-electron chi connectivity index (χ1n) is 10.0. The van der Waals surface area contributed by atoms with Gasteiger partial charge in [0, 0.05) is 23.1 Å². The molecule has 0 atom stereocenters. The van der Waals surface area contributed by atoms with Crippen LogP contribution in [0.1, 0.15) is 32.6 Å². The van der Waals surface area contributed by atoms with Gasteiger partial charge in [-0.2, -0.15) is 0 Å². The van der Waals surface area contributed by atoms with E-state index in [1.54, 1.807) is 30.3 Å². The lowest BCUT2D eigenvalue weighted by Gasteiger charge is -2.30. The molecular formula is C25H18Cl2FNO3. The number of hydrogen-bond acceptors (Lipinski definition) is 4. The van der Waals surface area contributed by atoms with Crippen LogP contribution in [-0.2, 0) is 13.1 Å². The van der Waals surface area contributed by atoms with Gasteiger partial charge in [0.2, 0.25) is 5.78 Å². The normalized spacial score (nSPS) is 16.5. The van der Waals surface area contributed by atoms with Crippen molar-refractivity contribution in [2.45, 2.75) is 20.0 Å². The monoisotopic (exact) mass is 469 g/mol. The Labute approximate surface area is 194 Å². The van der Waals surface area contributed by atoms with Crippen LogP contribution in [-0.4, -0.2) is 17.4 Å². The van der Waals surface area contributed by atoms with Crippen LogP contribution in [0, 0.1) is 12.7 Å². The Bertz CT molecular complexity index is 1270. The van der Waals surface area contributed by atoms with Gasteiger partial charge in [0.15, 0.2) is 5.76 Å². The zero-order chi connectivity index (χ0) is 22.4. The largest absolute Gasteiger partial charge is 0.478 e. The van der Waals surface area contributed by atoms with Crippen molar-refractivity contribution in [2.75, 3.05) is 6.73 Å². The summed E-state index contributed by atoms with van der Waals surface area (Å²) in [4.78, 5) is 15.1. The summed E-state index contributed by atoms with van der Waals surface area (Å²) >= 11 is 12.3. The maximum atomic E-state index is 13.2. The summed E-state index contributed by atoms with van der Waals surface area (Å²) in [7, 11) is 0. The first-order valence-corrected chi connectivity index (χ1v) is 10.8. The Morgan fingerprint density at radius 2 is 1.91 bits per heavy atom. The number of ether oxygens (including phenoxy) is 2. The number of fused-ring (bicyclic) bond motifs is 3. The summed E-state index contributed by atoms with van der Waals surface area (Å²) < 4.78 is 25.2. The van der Waals surface area contributed by atoms with Crippen molar-refractivity contribution in [3.05, 3.63) is 98.0 Å². The number of halogens is 3. The van der Waals surface area contributed by atoms with E-state index in [9.17, 15) is 9.18 Å². The molecule has 0 saturated carbocycles. The van der Waals surface area contributed by atoms with Gasteiger partial charge in [-0.1, -0.05) is 41.4 Å². The topological polar surface area (TPSA) is 38.8 Å². The molecule has 0 saturated heterocycles. The van der Waals surface area contributed by atoms with E-state index in [2.05, 4.69) is 4.90 Å². The molecule has 162 valence electrons. The van der Waals surface area contributed by atoms with Crippen LogP contribution in [0.5, 0.6) is 11.5 Å². The van der Waals surface area contributed by atoms with Crippen LogP contribution in [0.25, 0.3) is 6.08 Å². The fourth-order valence-corrected chi connectivity index (χ4v) is 4.45. The average molecular weight is 470 g/mol. The molecule has 0 fully saturated rings. The van der Waals surface area contributed by atoms with Gasteiger partial charge in [-0.05, 0) is 60.0 Å². The lowest BCUT2D eigenvalue weighted by molar-refractivity contribution is 0.0872. The fourth-order valence-electron chi connectivity index (χ4n) is 3.98. The van der Waals surface area contributed by atoms with Gasteiger partial charge >= 0.3 is 0 Å². The van der Waals surface area contributed by atoms with Gasteiger partial charge < -0.3 is 9.47 Å². The predicted molar refractivity (Wildman–Crippen MR) is 122 cm³/mol. The number of nitrogens with zero attached hydrogens (tertiary/aromatic N) is 1. The van der Waals surface area contributed by atoms with E-state index in [0.717, 1.165) is 16.7 Å². The highest BCUT2D eigenvalue weighted by molar-refractivity contribution is 6.35. The number of aryl methyl sites for hydroxylation is 1. The van der Waals surface area contributed by atoms with Crippen molar-refractivity contribution < 1.29 is 18.7 Å². The molecule has 2 heterocycles. The van der Waals surface area contributed by atoms with E-state index in [0.29, 0.717) is 52.5 Å². The minimum atomic E-state index is -0.336. The van der Waals surface area contributed by atoms with Crippen LogP contribution in [0.3, 0.4) is 0 Å². The first kappa shape index (κ1) is 21.0. The number of allylic oxidation sites excluding steroid dienone is 1. The van der Waals surface area contributed by atoms with Crippen molar-refractivity contribution in [3.63, 3.8) is 0 Å². The molecule has 5 rings (SSSR count). The molecule has 3 aromatic rings. The molecule has 7 heteroatoms. The molecule has 0 radical (unpaired) electrons. The van der Waals surface area contributed by atoms with Gasteiger partial charge in [-0.3, -0.25) is 9.69 Å². The Kier molecular flexibility index (Phi) is 5.41. The number of rotatable bonds is 3. The highest BCUT2D eigenvalue weighted by atomic mass is 35.5. The zero-order valence-electron chi connectivity index (χ0n) is 17.1. The van der Waals surface area contributed by atoms with Crippen molar-refractivity contribution in [2.24, 2.45) is 0 Å². The smallest absolute Gasteiger partial charge is 0.232 e. The highest BCUT2D eigenvalue weighted by Gasteiger charge is 2.35. The molecule has 4 nitrogen and oxygen atoms in total. The Hall–Kier alpha value is -2.86. The van der Waals surface area contributed by atoms with E-state index in [4.69, 9.17) is 32.7 Å². The van der Waals surface area contributed by atoms with E-state index >= 15 is 0 Å². The summed E-state index contributed by atoms with van der Waals surface area (Å²) in [6, 6.07) is 13.2. The maximum absolute atomic E-state index is 13.2. The lowest BCUT2D eigenvalue weighted by Crippen LogP contribution is -2.32. The third-order valence-corrected chi connectivity index (χ3v) is 6.15. The molecule has 0 spiro atoms. The molecule has 2 aliphatic heterocycles. The molecule has 0 aliphatic carbocycles. The Morgan fingerprint density at radius 3 is 2.66 bits per heavy atom. The van der Waals surface area contributed by atoms with Crippen LogP contribution in [0.4, 0.5) is 4.39 Å². The lowest BCUT2D eigenvalue weighted by atomic mass is 9.98. The summed E-state index contributed by atoms with van der Waals surface area (Å²) in [6.45, 7) is 3.35. The highest BCUT2D eigenvalue weighted by Crippen LogP contribution is 2.44. The van der Waals surface area contributed by atoms with Crippen LogP contribution >= 0.6 is 23.2 Å². The molecule has 0 aromatic heterocycles. The van der Waals surface area contributed by atoms with Crippen molar-refractivity contribution in [3.8, 4) is 11.5 Å². The van der Waals surface area contributed by atoms with Gasteiger partial charge in [-0.25, -0.2) is 4.39 Å². The summed E-state index contributed by atoms with van der Waals surface area (Å²) in [5, 5.41) is 1.17.